The first-order valence-corrected chi connectivity index (χ1v) is 8.07. The number of urea groups is 1. The molecule has 0 aromatic heterocycles. The summed E-state index contributed by atoms with van der Waals surface area (Å²) in [7, 11) is 0. The molecule has 0 aliphatic carbocycles. The van der Waals surface area contributed by atoms with Gasteiger partial charge in [0.25, 0.3) is 5.92 Å². The van der Waals surface area contributed by atoms with Gasteiger partial charge in [-0.1, -0.05) is 31.5 Å². The van der Waals surface area contributed by atoms with E-state index in [1.54, 1.807) is 6.07 Å². The number of rotatable bonds is 3. The van der Waals surface area contributed by atoms with Crippen LogP contribution in [0.15, 0.2) is 12.1 Å². The van der Waals surface area contributed by atoms with Gasteiger partial charge in [-0.2, -0.15) is 0 Å². The molecule has 2 rings (SSSR count). The predicted molar refractivity (Wildman–Crippen MR) is 86.6 cm³/mol. The number of carbonyl (C=O) groups excluding carboxylic acids is 1. The maximum absolute atomic E-state index is 13.6. The molecule has 1 aliphatic rings. The highest BCUT2D eigenvalue weighted by Crippen LogP contribution is 2.30. The smallest absolute Gasteiger partial charge is 0.322 e. The van der Waals surface area contributed by atoms with Crippen LogP contribution in [0.2, 0.25) is 5.02 Å². The Balaban J connectivity index is 2.24. The number of nitrogens with one attached hydrogen (secondary N) is 1. The second-order valence-electron chi connectivity index (χ2n) is 5.53. The Morgan fingerprint density at radius 1 is 1.39 bits per heavy atom. The van der Waals surface area contributed by atoms with Gasteiger partial charge in [0.2, 0.25) is 0 Å². The summed E-state index contributed by atoms with van der Waals surface area (Å²) in [4.78, 5) is 13.5. The maximum Gasteiger partial charge on any atom is 0.322 e. The molecule has 0 radical (unpaired) electrons. The molecular formula is C16H21ClF2N2O2. The van der Waals surface area contributed by atoms with E-state index in [0.29, 0.717) is 23.6 Å². The van der Waals surface area contributed by atoms with E-state index in [1.807, 2.05) is 19.9 Å². The van der Waals surface area contributed by atoms with E-state index in [-0.39, 0.29) is 13.2 Å². The molecule has 23 heavy (non-hydrogen) atoms. The monoisotopic (exact) mass is 346 g/mol. The number of anilines is 1. The first kappa shape index (κ1) is 17.9. The molecule has 1 N–H and O–H groups in total. The van der Waals surface area contributed by atoms with Crippen molar-refractivity contribution in [3.05, 3.63) is 28.3 Å². The van der Waals surface area contributed by atoms with Crippen molar-refractivity contribution in [1.82, 2.24) is 4.90 Å². The Kier molecular flexibility index (Phi) is 5.81. The number of benzene rings is 1. The van der Waals surface area contributed by atoms with Gasteiger partial charge >= 0.3 is 6.03 Å². The third-order valence-electron chi connectivity index (χ3n) is 3.84. The molecule has 1 heterocycles. The van der Waals surface area contributed by atoms with Crippen LogP contribution in [0, 0.1) is 0 Å². The lowest BCUT2D eigenvalue weighted by molar-refractivity contribution is -0.0648. The first-order chi connectivity index (χ1) is 10.9. The minimum absolute atomic E-state index is 0.0970. The lowest BCUT2D eigenvalue weighted by Gasteiger charge is -2.25. The van der Waals surface area contributed by atoms with Crippen LogP contribution >= 0.6 is 11.6 Å². The second kappa shape index (κ2) is 7.45. The summed E-state index contributed by atoms with van der Waals surface area (Å²) in [5.41, 5.74) is 2.37. The van der Waals surface area contributed by atoms with Crippen LogP contribution in [0.25, 0.3) is 0 Å². The zero-order chi connectivity index (χ0) is 17.0. The van der Waals surface area contributed by atoms with Gasteiger partial charge in [-0.25, -0.2) is 13.6 Å². The van der Waals surface area contributed by atoms with Crippen molar-refractivity contribution in [1.29, 1.82) is 0 Å². The fraction of sp³-hybridized carbons (Fsp3) is 0.562. The molecule has 4 nitrogen and oxygen atoms in total. The van der Waals surface area contributed by atoms with Crippen LogP contribution in [0.1, 0.15) is 25.0 Å². The van der Waals surface area contributed by atoms with Gasteiger partial charge in [-0.15, -0.1) is 0 Å². The molecule has 0 atom stereocenters. The van der Waals surface area contributed by atoms with Crippen LogP contribution in [-0.4, -0.2) is 43.2 Å². The average Bonchev–Trinajstić information content (AvgIpc) is 2.68. The Labute approximate surface area is 139 Å². The Morgan fingerprint density at radius 3 is 2.78 bits per heavy atom. The average molecular weight is 347 g/mol. The van der Waals surface area contributed by atoms with Gasteiger partial charge in [0.1, 0.15) is 6.61 Å². The zero-order valence-corrected chi connectivity index (χ0v) is 14.1. The molecule has 1 aromatic rings. The molecule has 0 saturated carbocycles. The van der Waals surface area contributed by atoms with Gasteiger partial charge in [-0.05, 0) is 30.0 Å². The summed E-state index contributed by atoms with van der Waals surface area (Å²) in [6.45, 7) is 2.82. The van der Waals surface area contributed by atoms with Crippen molar-refractivity contribution in [2.24, 2.45) is 0 Å². The quantitative estimate of drug-likeness (QED) is 0.900. The summed E-state index contributed by atoms with van der Waals surface area (Å²) in [5, 5.41) is 3.33. The fourth-order valence-corrected chi connectivity index (χ4v) is 2.92. The van der Waals surface area contributed by atoms with Crippen LogP contribution in [0.3, 0.4) is 0 Å². The number of ether oxygens (including phenoxy) is 1. The largest absolute Gasteiger partial charge is 0.373 e. The van der Waals surface area contributed by atoms with Gasteiger partial charge in [-0.3, -0.25) is 0 Å². The molecule has 0 spiro atoms. The van der Waals surface area contributed by atoms with Gasteiger partial charge in [0.15, 0.2) is 0 Å². The molecule has 1 fully saturated rings. The molecule has 0 unspecified atom stereocenters. The first-order valence-electron chi connectivity index (χ1n) is 7.69. The Hall–Kier alpha value is -1.40. The lowest BCUT2D eigenvalue weighted by Crippen LogP contribution is -2.43. The number of hydrogen-bond acceptors (Lipinski definition) is 2. The molecular weight excluding hydrogens is 326 g/mol. The van der Waals surface area contributed by atoms with Crippen LogP contribution in [0.5, 0.6) is 0 Å². The molecule has 2 amide bonds. The molecule has 1 aliphatic heterocycles. The minimum atomic E-state index is -3.04. The van der Waals surface area contributed by atoms with E-state index >= 15 is 0 Å². The molecule has 1 aromatic carbocycles. The molecule has 1 saturated heterocycles. The highest BCUT2D eigenvalue weighted by molar-refractivity contribution is 6.31. The number of amides is 2. The maximum atomic E-state index is 13.6. The van der Waals surface area contributed by atoms with Crippen molar-refractivity contribution in [3.63, 3.8) is 0 Å². The highest BCUT2D eigenvalue weighted by Gasteiger charge is 2.36. The van der Waals surface area contributed by atoms with Crippen LogP contribution in [0.4, 0.5) is 19.3 Å². The topological polar surface area (TPSA) is 41.6 Å². The highest BCUT2D eigenvalue weighted by atomic mass is 35.5. The number of halogens is 3. The summed E-state index contributed by atoms with van der Waals surface area (Å²) >= 11 is 6.19. The third kappa shape index (κ3) is 4.32. The van der Waals surface area contributed by atoms with Crippen LogP contribution < -0.4 is 5.32 Å². The molecule has 128 valence electrons. The normalized spacial score (nSPS) is 17.7. The van der Waals surface area contributed by atoms with E-state index in [0.717, 1.165) is 16.0 Å². The van der Waals surface area contributed by atoms with Crippen molar-refractivity contribution in [2.75, 3.05) is 31.6 Å². The van der Waals surface area contributed by atoms with Crippen molar-refractivity contribution in [3.8, 4) is 0 Å². The van der Waals surface area contributed by atoms with Crippen molar-refractivity contribution in [2.45, 2.75) is 32.6 Å². The van der Waals surface area contributed by atoms with E-state index < -0.39 is 25.1 Å². The zero-order valence-electron chi connectivity index (χ0n) is 13.3. The van der Waals surface area contributed by atoms with Crippen molar-refractivity contribution >= 4 is 23.3 Å². The number of nitrogens with zero attached hydrogens (tertiary/aromatic N) is 1. The Morgan fingerprint density at radius 2 is 2.13 bits per heavy atom. The van der Waals surface area contributed by atoms with E-state index in [4.69, 9.17) is 16.3 Å². The second-order valence-corrected chi connectivity index (χ2v) is 5.93. The third-order valence-corrected chi connectivity index (χ3v) is 4.19. The lowest BCUT2D eigenvalue weighted by atomic mass is 10.0. The number of alkyl halides is 2. The minimum Gasteiger partial charge on any atom is -0.373 e. The van der Waals surface area contributed by atoms with E-state index in [1.165, 1.54) is 0 Å². The van der Waals surface area contributed by atoms with Gasteiger partial charge in [0.05, 0.1) is 18.8 Å². The van der Waals surface area contributed by atoms with E-state index in [2.05, 4.69) is 5.32 Å². The Bertz CT molecular complexity index is 581. The summed E-state index contributed by atoms with van der Waals surface area (Å²) in [6, 6.07) is 3.09. The van der Waals surface area contributed by atoms with E-state index in [9.17, 15) is 13.6 Å². The summed E-state index contributed by atoms with van der Waals surface area (Å²) in [5.74, 6) is -3.04. The van der Waals surface area contributed by atoms with Crippen molar-refractivity contribution < 1.29 is 18.3 Å². The molecule has 7 heteroatoms. The SMILES string of the molecule is CCc1ccc(Cl)c(CC)c1NC(=O)N1CCOCC(F)(F)C1. The predicted octanol–water partition coefficient (Wildman–Crippen LogP) is 3.96. The fourth-order valence-electron chi connectivity index (χ4n) is 2.63. The number of carbonyl (C=O) groups is 1. The standard InChI is InChI=1S/C16H21ClF2N2O2/c1-3-11-5-6-13(17)12(4-2)14(11)20-15(22)21-7-8-23-10-16(18,19)9-21/h5-6H,3-4,7-10H2,1-2H3,(H,20,22). The number of hydrogen-bond donors (Lipinski definition) is 1. The molecule has 0 bridgehead atoms. The summed E-state index contributed by atoms with van der Waals surface area (Å²) < 4.78 is 32.1. The van der Waals surface area contributed by atoms with Gasteiger partial charge < -0.3 is 15.0 Å². The summed E-state index contributed by atoms with van der Waals surface area (Å²) in [6.07, 6.45) is 1.35. The van der Waals surface area contributed by atoms with Gasteiger partial charge in [0, 0.05) is 11.6 Å². The number of aryl methyl sites for hydroxylation is 1. The van der Waals surface area contributed by atoms with Crippen LogP contribution in [-0.2, 0) is 17.6 Å².